The Bertz CT molecular complexity index is 985. The van der Waals surface area contributed by atoms with Crippen LogP contribution in [0.5, 0.6) is 0 Å². The number of allylic oxidation sites excluding steroid dienone is 2. The molecule has 1 N–H and O–H groups in total. The van der Waals surface area contributed by atoms with Crippen molar-refractivity contribution in [1.82, 2.24) is 0 Å². The van der Waals surface area contributed by atoms with Crippen LogP contribution < -0.4 is 0 Å². The Labute approximate surface area is 352 Å². The number of hydrogen-bond acceptors (Lipinski definition) is 7. The average Bonchev–Trinajstić information content (AvgIpc) is 3.16. The number of rotatable bonds is 44. The second-order valence-corrected chi connectivity index (χ2v) is 19.0. The first-order valence-electron chi connectivity index (χ1n) is 23.9. The van der Waals surface area contributed by atoms with Crippen LogP contribution in [0.2, 0.25) is 0 Å². The fourth-order valence-corrected chi connectivity index (χ4v) is 7.52. The summed E-state index contributed by atoms with van der Waals surface area (Å²) in [5.74, 6) is -0.798. The molecule has 0 aliphatic carbocycles. The maximum Gasteiger partial charge on any atom is 0.472 e. The van der Waals surface area contributed by atoms with Crippen molar-refractivity contribution in [2.75, 3.05) is 47.5 Å². The Morgan fingerprint density at radius 2 is 0.895 bits per heavy atom. The van der Waals surface area contributed by atoms with E-state index in [-0.39, 0.29) is 25.6 Å². The minimum atomic E-state index is -4.36. The third kappa shape index (κ3) is 44.1. The zero-order valence-electron chi connectivity index (χ0n) is 38.1. The Hall–Kier alpha value is -1.25. The fourth-order valence-electron chi connectivity index (χ4n) is 6.77. The normalized spacial score (nSPS) is 13.6. The molecule has 0 heterocycles. The molecule has 0 amide bonds. The van der Waals surface area contributed by atoms with Crippen molar-refractivity contribution < 1.29 is 42.1 Å². The predicted octanol–water partition coefficient (Wildman–Crippen LogP) is 13.8. The van der Waals surface area contributed by atoms with Crippen LogP contribution in [0.1, 0.15) is 226 Å². The Morgan fingerprint density at radius 3 is 1.30 bits per heavy atom. The van der Waals surface area contributed by atoms with Crippen molar-refractivity contribution in [2.45, 2.75) is 232 Å². The number of likely N-dealkylation sites (N-methyl/N-ethyl adjacent to an activating group) is 1. The molecule has 338 valence electrons. The van der Waals surface area contributed by atoms with Gasteiger partial charge in [-0.1, -0.05) is 187 Å². The van der Waals surface area contributed by atoms with Crippen LogP contribution in [0, 0.1) is 0 Å². The summed E-state index contributed by atoms with van der Waals surface area (Å²) in [6.07, 6.45) is 43.1. The standard InChI is InChI=1S/C47H92NO8P/c1-6-8-10-12-14-15-16-17-18-19-20-21-22-23-24-25-26-27-28-29-30-31-32-33-34-36-38-40-47(50)56-45(43-53-46(49)39-37-35-13-11-9-7-2)44-55-57(51,52)54-42-41-48(3,4)5/h19-20,45H,6-18,21-44H2,1-5H3/p+1/b20-19-. The number of carbonyl (C=O) groups excluding carboxylic acids is 2. The lowest BCUT2D eigenvalue weighted by atomic mass is 10.0. The smallest absolute Gasteiger partial charge is 0.462 e. The van der Waals surface area contributed by atoms with Gasteiger partial charge in [0.05, 0.1) is 27.7 Å². The van der Waals surface area contributed by atoms with Crippen LogP contribution in [0.25, 0.3) is 0 Å². The van der Waals surface area contributed by atoms with Crippen molar-refractivity contribution in [3.63, 3.8) is 0 Å². The molecule has 0 aromatic carbocycles. The van der Waals surface area contributed by atoms with E-state index in [1.54, 1.807) is 0 Å². The molecule has 0 fully saturated rings. The van der Waals surface area contributed by atoms with Gasteiger partial charge in [-0.15, -0.1) is 0 Å². The molecular weight excluding hydrogens is 737 g/mol. The first kappa shape index (κ1) is 55.8. The van der Waals surface area contributed by atoms with Gasteiger partial charge in [0.15, 0.2) is 6.10 Å². The first-order chi connectivity index (χ1) is 27.5. The summed E-state index contributed by atoms with van der Waals surface area (Å²) in [5, 5.41) is 0. The fraction of sp³-hybridized carbons (Fsp3) is 0.915. The molecule has 57 heavy (non-hydrogen) atoms. The lowest BCUT2D eigenvalue weighted by Crippen LogP contribution is -2.37. The van der Waals surface area contributed by atoms with Crippen LogP contribution in [0.15, 0.2) is 12.2 Å². The van der Waals surface area contributed by atoms with Crippen molar-refractivity contribution in [3.8, 4) is 0 Å². The third-order valence-electron chi connectivity index (χ3n) is 10.5. The van der Waals surface area contributed by atoms with E-state index in [0.717, 1.165) is 38.5 Å². The maximum atomic E-state index is 12.7. The molecule has 2 atom stereocenters. The highest BCUT2D eigenvalue weighted by molar-refractivity contribution is 7.47. The van der Waals surface area contributed by atoms with Gasteiger partial charge in [-0.2, -0.15) is 0 Å². The summed E-state index contributed by atoms with van der Waals surface area (Å²) in [5.41, 5.74) is 0. The number of ether oxygens (including phenoxy) is 2. The molecule has 0 saturated heterocycles. The number of unbranched alkanes of at least 4 members (excludes halogenated alkanes) is 28. The van der Waals surface area contributed by atoms with Gasteiger partial charge in [0.1, 0.15) is 19.8 Å². The molecule has 9 nitrogen and oxygen atoms in total. The summed E-state index contributed by atoms with van der Waals surface area (Å²) >= 11 is 0. The van der Waals surface area contributed by atoms with E-state index in [1.807, 2.05) is 21.1 Å². The van der Waals surface area contributed by atoms with Crippen LogP contribution in [0.3, 0.4) is 0 Å². The van der Waals surface area contributed by atoms with Crippen molar-refractivity contribution >= 4 is 19.8 Å². The van der Waals surface area contributed by atoms with Gasteiger partial charge in [-0.05, 0) is 38.5 Å². The molecule has 0 aliphatic heterocycles. The van der Waals surface area contributed by atoms with Gasteiger partial charge >= 0.3 is 19.8 Å². The molecule has 0 aliphatic rings. The quantitative estimate of drug-likeness (QED) is 0.0213. The molecule has 0 radical (unpaired) electrons. The number of nitrogens with zero attached hydrogens (tertiary/aromatic N) is 1. The summed E-state index contributed by atoms with van der Waals surface area (Å²) in [6, 6.07) is 0. The summed E-state index contributed by atoms with van der Waals surface area (Å²) < 4.78 is 34.2. The van der Waals surface area contributed by atoms with Crippen LogP contribution in [0.4, 0.5) is 0 Å². The second-order valence-electron chi connectivity index (χ2n) is 17.5. The predicted molar refractivity (Wildman–Crippen MR) is 238 cm³/mol. The van der Waals surface area contributed by atoms with Gasteiger partial charge in [0.2, 0.25) is 0 Å². The topological polar surface area (TPSA) is 108 Å². The number of quaternary nitrogens is 1. The lowest BCUT2D eigenvalue weighted by molar-refractivity contribution is -0.870. The highest BCUT2D eigenvalue weighted by Gasteiger charge is 2.27. The van der Waals surface area contributed by atoms with Crippen LogP contribution in [-0.2, 0) is 32.7 Å². The second kappa shape index (κ2) is 40.2. The van der Waals surface area contributed by atoms with E-state index < -0.39 is 26.5 Å². The minimum Gasteiger partial charge on any atom is -0.462 e. The molecule has 10 heteroatoms. The van der Waals surface area contributed by atoms with Crippen molar-refractivity contribution in [3.05, 3.63) is 12.2 Å². The molecule has 0 spiro atoms. The number of carbonyl (C=O) groups is 2. The minimum absolute atomic E-state index is 0.0349. The summed E-state index contributed by atoms with van der Waals surface area (Å²) in [6.45, 7) is 4.38. The van der Waals surface area contributed by atoms with Crippen LogP contribution >= 0.6 is 7.82 Å². The largest absolute Gasteiger partial charge is 0.472 e. The number of esters is 2. The van der Waals surface area contributed by atoms with E-state index in [9.17, 15) is 19.0 Å². The Balaban J connectivity index is 3.98. The first-order valence-corrected chi connectivity index (χ1v) is 25.4. The zero-order chi connectivity index (χ0) is 42.1. The SMILES string of the molecule is CCCCCCCCCC/C=C\CCCCCCCCCCCCCCCCCC(=O)OC(COC(=O)CCCCCCCC)COP(=O)(O)OCC[N+](C)(C)C. The average molecular weight is 831 g/mol. The lowest BCUT2D eigenvalue weighted by Gasteiger charge is -2.24. The van der Waals surface area contributed by atoms with E-state index in [0.29, 0.717) is 23.9 Å². The van der Waals surface area contributed by atoms with Gasteiger partial charge in [-0.25, -0.2) is 4.57 Å². The molecule has 0 aromatic rings. The summed E-state index contributed by atoms with van der Waals surface area (Å²) in [7, 11) is 1.49. The monoisotopic (exact) mass is 831 g/mol. The number of hydrogen-bond donors (Lipinski definition) is 1. The molecule has 0 rings (SSSR count). The van der Waals surface area contributed by atoms with Crippen molar-refractivity contribution in [2.24, 2.45) is 0 Å². The molecule has 2 unspecified atom stereocenters. The van der Waals surface area contributed by atoms with Crippen molar-refractivity contribution in [1.29, 1.82) is 0 Å². The van der Waals surface area contributed by atoms with E-state index >= 15 is 0 Å². The van der Waals surface area contributed by atoms with Gasteiger partial charge in [0.25, 0.3) is 0 Å². The Kier molecular flexibility index (Phi) is 39.3. The molecular formula is C47H93NO8P+. The Morgan fingerprint density at radius 1 is 0.526 bits per heavy atom. The molecule has 0 bridgehead atoms. The van der Waals surface area contributed by atoms with Gasteiger partial charge in [-0.3, -0.25) is 18.6 Å². The highest BCUT2D eigenvalue weighted by Crippen LogP contribution is 2.43. The van der Waals surface area contributed by atoms with E-state index in [4.69, 9.17) is 18.5 Å². The molecule has 0 saturated carbocycles. The van der Waals surface area contributed by atoms with E-state index in [2.05, 4.69) is 26.0 Å². The van der Waals surface area contributed by atoms with Crippen LogP contribution in [-0.4, -0.2) is 74.9 Å². The van der Waals surface area contributed by atoms with Gasteiger partial charge in [0, 0.05) is 12.8 Å². The van der Waals surface area contributed by atoms with E-state index in [1.165, 1.54) is 154 Å². The number of phosphoric ester groups is 1. The maximum absolute atomic E-state index is 12.7. The zero-order valence-corrected chi connectivity index (χ0v) is 39.0. The summed E-state index contributed by atoms with van der Waals surface area (Å²) in [4.78, 5) is 35.1. The number of phosphoric acid groups is 1. The van der Waals surface area contributed by atoms with Gasteiger partial charge < -0.3 is 18.9 Å². The molecule has 0 aromatic heterocycles. The third-order valence-corrected chi connectivity index (χ3v) is 11.5. The highest BCUT2D eigenvalue weighted by atomic mass is 31.2.